The Morgan fingerprint density at radius 1 is 0.973 bits per heavy atom. The summed E-state index contributed by atoms with van der Waals surface area (Å²) in [4.78, 5) is 14.6. The van der Waals surface area contributed by atoms with Crippen LogP contribution in [0.15, 0.2) is 35.3 Å². The van der Waals surface area contributed by atoms with Gasteiger partial charge in [0.25, 0.3) is 0 Å². The predicted octanol–water partition coefficient (Wildman–Crippen LogP) is 9.00. The van der Waals surface area contributed by atoms with Gasteiger partial charge in [-0.3, -0.25) is 4.79 Å². The number of fused-ring (bicyclic) bond motifs is 1. The summed E-state index contributed by atoms with van der Waals surface area (Å²) >= 11 is 11.6. The number of aliphatic carboxylic acids is 1. The van der Waals surface area contributed by atoms with Crippen LogP contribution in [0.1, 0.15) is 39.5 Å². The fourth-order valence-electron chi connectivity index (χ4n) is 3.10. The van der Waals surface area contributed by atoms with Crippen LogP contribution in [0.4, 0.5) is 11.4 Å². The van der Waals surface area contributed by atoms with E-state index in [1.807, 2.05) is 13.0 Å². The number of nitrogens with zero attached hydrogens (tertiary/aromatic N) is 2. The summed E-state index contributed by atoms with van der Waals surface area (Å²) < 4.78 is 8.10. The van der Waals surface area contributed by atoms with Gasteiger partial charge in [0.15, 0.2) is 0 Å². The van der Waals surface area contributed by atoms with Crippen molar-refractivity contribution in [2.45, 2.75) is 39.5 Å². The standard InChI is InChI=1S/C14H15I3NO2.C12H7I2N.2Y/c1-2-18(7-5-3-4-6-13(19)20)10-8-11(15)14(17)12(16)9-10;1-2-15-10-3-4-11-8(6-10)5-9(13)7-12(11)14;;/h8H,3-7H2,1H3,(H,19,20);3-5,7H,1H3;;/q-1;-2;;. The van der Waals surface area contributed by atoms with Crippen molar-refractivity contribution in [3.8, 4) is 0 Å². The van der Waals surface area contributed by atoms with Crippen molar-refractivity contribution in [1.82, 2.24) is 0 Å². The largest absolute Gasteiger partial charge is 0.481 e. The molecule has 11 heteroatoms. The minimum atomic E-state index is -0.717. The van der Waals surface area contributed by atoms with Crippen LogP contribution in [0.2, 0.25) is 0 Å². The Morgan fingerprint density at radius 3 is 2.27 bits per heavy atom. The van der Waals surface area contributed by atoms with E-state index >= 15 is 0 Å². The van der Waals surface area contributed by atoms with Gasteiger partial charge in [-0.2, -0.15) is 35.5 Å². The van der Waals surface area contributed by atoms with E-state index in [4.69, 9.17) is 5.11 Å². The number of hydrogen-bond donors (Lipinski definition) is 1. The second-order valence-electron chi connectivity index (χ2n) is 7.24. The van der Waals surface area contributed by atoms with E-state index in [0.717, 1.165) is 46.1 Å². The summed E-state index contributed by atoms with van der Waals surface area (Å²) in [7, 11) is 0. The Bertz CT molecular complexity index is 1230. The maximum atomic E-state index is 10.5. The number of rotatable bonds is 8. The van der Waals surface area contributed by atoms with Gasteiger partial charge >= 0.3 is 5.97 Å². The fourth-order valence-corrected chi connectivity index (χ4v) is 7.06. The number of benzene rings is 3. The van der Waals surface area contributed by atoms with Gasteiger partial charge in [0.1, 0.15) is 6.54 Å². The number of carboxylic acid groups (broad SMARTS) is 1. The van der Waals surface area contributed by atoms with Gasteiger partial charge in [0.05, 0.1) is 0 Å². The number of hydrogen-bond acceptors (Lipinski definition) is 2. The Hall–Kier alpha value is 2.59. The zero-order valence-corrected chi connectivity index (χ0v) is 36.7. The molecule has 0 saturated carbocycles. The summed E-state index contributed by atoms with van der Waals surface area (Å²) in [6.07, 6.45) is 8.81. The summed E-state index contributed by atoms with van der Waals surface area (Å²) in [5.41, 5.74) is 1.86. The van der Waals surface area contributed by atoms with Crippen LogP contribution in [-0.4, -0.2) is 34.6 Å². The molecular formula is C26H22I5N2O2Y2-3. The maximum Gasteiger partial charge on any atom is 0.303 e. The van der Waals surface area contributed by atoms with Gasteiger partial charge in [-0.25, -0.2) is 12.1 Å². The average molecular weight is 1210 g/mol. The first-order valence-electron chi connectivity index (χ1n) is 10.6. The summed E-state index contributed by atoms with van der Waals surface area (Å²) in [6, 6.07) is 17.1. The third-order valence-corrected chi connectivity index (χ3v) is 11.1. The SMILES string of the molecule is C[C-]=Nc1[c-]c2cc(I)cc(I)c2cc1.C[C-]=[N+](CCCCCC(=O)O)c1[c-]c(I)c(I)c(I)c1.[Y].[Y]. The number of carboxylic acids is 1. The molecule has 0 aromatic heterocycles. The molecule has 0 fully saturated rings. The van der Waals surface area contributed by atoms with Crippen molar-refractivity contribution in [1.29, 1.82) is 0 Å². The molecule has 4 nitrogen and oxygen atoms in total. The Morgan fingerprint density at radius 2 is 1.68 bits per heavy atom. The molecule has 192 valence electrons. The molecule has 3 rings (SSSR count). The number of halogens is 5. The van der Waals surface area contributed by atoms with Gasteiger partial charge in [0.2, 0.25) is 0 Å². The third kappa shape index (κ3) is 14.1. The van der Waals surface area contributed by atoms with Gasteiger partial charge in [-0.15, -0.1) is 35.6 Å². The molecule has 0 unspecified atom stereocenters. The zero-order valence-electron chi connectivity index (χ0n) is 20.2. The molecule has 3 aromatic rings. The van der Waals surface area contributed by atoms with Crippen LogP contribution < -0.4 is 0 Å². The Kier molecular flexibility index (Phi) is 22.8. The molecule has 0 bridgehead atoms. The van der Waals surface area contributed by atoms with Crippen molar-refractivity contribution in [3.63, 3.8) is 0 Å². The van der Waals surface area contributed by atoms with Crippen LogP contribution in [0.3, 0.4) is 0 Å². The topological polar surface area (TPSA) is 52.7 Å². The summed E-state index contributed by atoms with van der Waals surface area (Å²) in [5, 5.41) is 10.9. The second-order valence-corrected chi connectivity index (χ2v) is 13.0. The van der Waals surface area contributed by atoms with Crippen molar-refractivity contribution in [2.24, 2.45) is 4.99 Å². The Labute approximate surface area is 338 Å². The predicted molar refractivity (Wildman–Crippen MR) is 186 cm³/mol. The minimum absolute atomic E-state index is 0. The van der Waals surface area contributed by atoms with Gasteiger partial charge in [0, 0.05) is 84.5 Å². The van der Waals surface area contributed by atoms with Crippen molar-refractivity contribution in [2.75, 3.05) is 6.54 Å². The van der Waals surface area contributed by atoms with Crippen molar-refractivity contribution >= 4 is 154 Å². The van der Waals surface area contributed by atoms with Gasteiger partial charge < -0.3 is 14.7 Å². The second kappa shape index (κ2) is 21.3. The number of aliphatic imine (C=N–C) groups is 1. The smallest absolute Gasteiger partial charge is 0.303 e. The first-order valence-corrected chi connectivity index (χ1v) is 16.0. The molecule has 1 N–H and O–H groups in total. The van der Waals surface area contributed by atoms with E-state index in [1.165, 1.54) is 19.7 Å². The average Bonchev–Trinajstić information content (AvgIpc) is 2.79. The molecule has 0 aliphatic heterocycles. The molecule has 2 radical (unpaired) electrons. The molecule has 0 atom stereocenters. The third-order valence-electron chi connectivity index (χ3n) is 4.73. The van der Waals surface area contributed by atoms with Gasteiger partial charge in [-0.1, -0.05) is 125 Å². The molecule has 0 heterocycles. The van der Waals surface area contributed by atoms with Crippen LogP contribution in [-0.2, 0) is 70.2 Å². The number of unbranched alkanes of at least 4 members (excludes halogenated alkanes) is 2. The first-order chi connectivity index (χ1) is 16.7. The van der Waals surface area contributed by atoms with E-state index in [-0.39, 0.29) is 71.8 Å². The zero-order chi connectivity index (χ0) is 26.0. The van der Waals surface area contributed by atoms with E-state index in [9.17, 15) is 4.79 Å². The molecule has 3 aromatic carbocycles. The van der Waals surface area contributed by atoms with Crippen LogP contribution in [0.25, 0.3) is 10.8 Å². The number of carbonyl (C=O) groups is 1. The molecule has 0 aliphatic rings. The molecule has 0 aliphatic carbocycles. The van der Waals surface area contributed by atoms with E-state index in [1.54, 1.807) is 6.92 Å². The van der Waals surface area contributed by atoms with E-state index in [2.05, 4.69) is 171 Å². The van der Waals surface area contributed by atoms with Crippen LogP contribution in [0, 0.1) is 30.0 Å². The minimum Gasteiger partial charge on any atom is -0.481 e. The molecule has 0 spiro atoms. The molecule has 0 saturated heterocycles. The molecule has 37 heavy (non-hydrogen) atoms. The summed E-state index contributed by atoms with van der Waals surface area (Å²) in [6.45, 7) is 4.53. The maximum absolute atomic E-state index is 10.5. The summed E-state index contributed by atoms with van der Waals surface area (Å²) in [5.74, 6) is -0.717. The van der Waals surface area contributed by atoms with Crippen LogP contribution >= 0.6 is 113 Å². The van der Waals surface area contributed by atoms with Crippen molar-refractivity contribution < 1.29 is 79.9 Å². The first kappa shape index (κ1) is 39.6. The molecule has 0 amide bonds. The van der Waals surface area contributed by atoms with E-state index < -0.39 is 5.97 Å². The fraction of sp³-hybridized carbons (Fsp3) is 0.269. The Balaban J connectivity index is 0.000000685. The van der Waals surface area contributed by atoms with Gasteiger partial charge in [-0.05, 0) is 20.0 Å². The normalized spacial score (nSPS) is 10.9. The van der Waals surface area contributed by atoms with E-state index in [0.29, 0.717) is 0 Å². The molecular weight excluding hydrogens is 1180 g/mol. The monoisotopic (exact) mass is 1210 g/mol. The van der Waals surface area contributed by atoms with Crippen molar-refractivity contribution in [3.05, 3.63) is 60.3 Å². The quantitative estimate of drug-likeness (QED) is 0.0612. The van der Waals surface area contributed by atoms with Crippen LogP contribution in [0.5, 0.6) is 0 Å².